The van der Waals surface area contributed by atoms with Crippen LogP contribution in [0.3, 0.4) is 0 Å². The maximum Gasteiger partial charge on any atom is 0.407 e. The van der Waals surface area contributed by atoms with Gasteiger partial charge < -0.3 is 14.8 Å². The van der Waals surface area contributed by atoms with Gasteiger partial charge in [0.15, 0.2) is 0 Å². The van der Waals surface area contributed by atoms with E-state index >= 15 is 0 Å². The fraction of sp³-hybridized carbons (Fsp3) is 0.500. The van der Waals surface area contributed by atoms with E-state index in [0.29, 0.717) is 42.5 Å². The minimum atomic E-state index is -3.98. The smallest absolute Gasteiger partial charge is 0.407 e. The number of carbonyl (C=O) groups is 1. The summed E-state index contributed by atoms with van der Waals surface area (Å²) < 4.78 is 41.7. The standard InChI is InChI=1S/C34H44N4O5S/c1-20(2)13-27-19-42-30-17-29(31-22(5)9-7-10-23(31)6)36-33(37-30)38-44(40,41)28-12-8-11-25(16-28)32(27)26-14-24(15-26)18-35-34(39)43-21(3)4/h7-12,16-17,20-21,24,26-27,32H,13-15,18-19H2,1-6H3,(H,35,39)(H,36,37,38)/t24-,26+,27-,32?/m1/s1. The van der Waals surface area contributed by atoms with Gasteiger partial charge in [0.1, 0.15) is 0 Å². The number of amides is 1. The molecule has 5 rings (SSSR count). The molecule has 1 saturated carbocycles. The van der Waals surface area contributed by atoms with Gasteiger partial charge in [0.2, 0.25) is 11.8 Å². The number of sulfonamides is 1. The third kappa shape index (κ3) is 7.34. The molecule has 1 aliphatic carbocycles. The Hall–Kier alpha value is -3.66. The highest BCUT2D eigenvalue weighted by atomic mass is 32.2. The van der Waals surface area contributed by atoms with Gasteiger partial charge in [0.25, 0.3) is 10.0 Å². The third-order valence-electron chi connectivity index (χ3n) is 8.60. The van der Waals surface area contributed by atoms with Gasteiger partial charge in [0.05, 0.1) is 23.3 Å². The van der Waals surface area contributed by atoms with Crippen molar-refractivity contribution in [1.29, 1.82) is 0 Å². The van der Waals surface area contributed by atoms with E-state index in [2.05, 4.69) is 33.9 Å². The number of benzene rings is 2. The van der Waals surface area contributed by atoms with Crippen molar-refractivity contribution < 1.29 is 22.7 Å². The number of nitrogens with zero attached hydrogens (tertiary/aromatic N) is 2. The fourth-order valence-corrected chi connectivity index (χ4v) is 7.73. The SMILES string of the molecule is Cc1cccc(C)c1-c1cc2nc(n1)NS(=O)(=O)c1cccc(c1)C([C@H]1C[C@@H](CNC(=O)OC(C)C)C1)[C@H](CC(C)C)CO2. The average Bonchev–Trinajstić information content (AvgIpc) is 2.91. The van der Waals surface area contributed by atoms with Gasteiger partial charge in [-0.05, 0) is 99.5 Å². The molecule has 10 heteroatoms. The number of aromatic nitrogens is 2. The molecule has 0 radical (unpaired) electrons. The van der Waals surface area contributed by atoms with E-state index in [0.717, 1.165) is 41.5 Å². The minimum absolute atomic E-state index is 0.0200. The van der Waals surface area contributed by atoms with Gasteiger partial charge in [-0.15, -0.1) is 0 Å². The van der Waals surface area contributed by atoms with E-state index in [1.165, 1.54) is 0 Å². The Bertz CT molecular complexity index is 1580. The summed E-state index contributed by atoms with van der Waals surface area (Å²) in [7, 11) is -3.98. The van der Waals surface area contributed by atoms with Crippen LogP contribution in [0.15, 0.2) is 53.4 Å². The van der Waals surface area contributed by atoms with Crippen molar-refractivity contribution in [3.05, 3.63) is 65.2 Å². The van der Waals surface area contributed by atoms with Crippen molar-refractivity contribution >= 4 is 22.1 Å². The number of alkyl carbamates (subject to hydrolysis) is 1. The monoisotopic (exact) mass is 620 g/mol. The second-order valence-corrected chi connectivity index (χ2v) is 14.7. The summed E-state index contributed by atoms with van der Waals surface area (Å²) >= 11 is 0. The van der Waals surface area contributed by atoms with Crippen molar-refractivity contribution in [2.45, 2.75) is 77.7 Å². The summed E-state index contributed by atoms with van der Waals surface area (Å²) in [6.07, 6.45) is 2.19. The van der Waals surface area contributed by atoms with Crippen LogP contribution in [0.4, 0.5) is 10.7 Å². The number of rotatable bonds is 7. The van der Waals surface area contributed by atoms with Gasteiger partial charge in [-0.3, -0.25) is 0 Å². The lowest BCUT2D eigenvalue weighted by atomic mass is 9.62. The molecule has 2 N–H and O–H groups in total. The van der Waals surface area contributed by atoms with Crippen molar-refractivity contribution in [2.75, 3.05) is 17.9 Å². The molecule has 2 heterocycles. The minimum Gasteiger partial charge on any atom is -0.477 e. The maximum atomic E-state index is 13.7. The first-order valence-electron chi connectivity index (χ1n) is 15.5. The van der Waals surface area contributed by atoms with Crippen LogP contribution in [0, 0.1) is 37.5 Å². The van der Waals surface area contributed by atoms with Crippen LogP contribution < -0.4 is 14.8 Å². The van der Waals surface area contributed by atoms with Gasteiger partial charge in [-0.1, -0.05) is 44.2 Å². The molecular formula is C34H44N4O5S. The van der Waals surface area contributed by atoms with Crippen LogP contribution in [-0.4, -0.2) is 43.7 Å². The Morgan fingerprint density at radius 1 is 1.05 bits per heavy atom. The van der Waals surface area contributed by atoms with Gasteiger partial charge in [-0.25, -0.2) is 22.9 Å². The molecule has 1 unspecified atom stereocenters. The van der Waals surface area contributed by atoms with Gasteiger partial charge in [-0.2, -0.15) is 4.98 Å². The molecular weight excluding hydrogens is 576 g/mol. The van der Waals surface area contributed by atoms with Crippen LogP contribution >= 0.6 is 0 Å². The topological polar surface area (TPSA) is 120 Å². The summed E-state index contributed by atoms with van der Waals surface area (Å²) in [5.74, 6) is 1.56. The molecule has 9 nitrogen and oxygen atoms in total. The summed E-state index contributed by atoms with van der Waals surface area (Å²) in [6, 6.07) is 15.1. The van der Waals surface area contributed by atoms with Gasteiger partial charge >= 0.3 is 6.09 Å². The Balaban J connectivity index is 1.50. The molecule has 1 aliphatic heterocycles. The zero-order valence-corrected chi connectivity index (χ0v) is 27.3. The molecule has 1 aromatic heterocycles. The van der Waals surface area contributed by atoms with Crippen molar-refractivity contribution in [3.63, 3.8) is 0 Å². The third-order valence-corrected chi connectivity index (χ3v) is 9.93. The molecule has 3 aromatic rings. The van der Waals surface area contributed by atoms with E-state index in [-0.39, 0.29) is 28.8 Å². The summed E-state index contributed by atoms with van der Waals surface area (Å²) in [6.45, 7) is 13.1. The van der Waals surface area contributed by atoms with E-state index in [1.54, 1.807) is 18.2 Å². The molecule has 1 amide bonds. The molecule has 2 aromatic carbocycles. The predicted octanol–water partition coefficient (Wildman–Crippen LogP) is 6.86. The van der Waals surface area contributed by atoms with Crippen molar-refractivity contribution in [1.82, 2.24) is 15.3 Å². The number of hydrogen-bond acceptors (Lipinski definition) is 7. The Labute approximate surface area is 261 Å². The number of nitrogens with one attached hydrogen (secondary N) is 2. The lowest BCUT2D eigenvalue weighted by molar-refractivity contribution is 0.0851. The molecule has 0 spiro atoms. The Kier molecular flexibility index (Phi) is 9.48. The highest BCUT2D eigenvalue weighted by Gasteiger charge is 2.40. The number of fused-ring (bicyclic) bond motifs is 4. The second kappa shape index (κ2) is 13.1. The highest BCUT2D eigenvalue weighted by Crippen LogP contribution is 2.48. The number of carbonyl (C=O) groups excluding carboxylic acids is 1. The van der Waals surface area contributed by atoms with E-state index in [9.17, 15) is 13.2 Å². The first-order chi connectivity index (χ1) is 20.9. The molecule has 2 aliphatic rings. The van der Waals surface area contributed by atoms with E-state index < -0.39 is 16.1 Å². The zero-order chi connectivity index (χ0) is 31.6. The Morgan fingerprint density at radius 3 is 2.43 bits per heavy atom. The van der Waals surface area contributed by atoms with Crippen molar-refractivity contribution in [3.8, 4) is 17.1 Å². The van der Waals surface area contributed by atoms with Crippen LogP contribution in [0.2, 0.25) is 0 Å². The van der Waals surface area contributed by atoms with Crippen LogP contribution in [0.1, 0.15) is 69.6 Å². The zero-order valence-electron chi connectivity index (χ0n) is 26.5. The van der Waals surface area contributed by atoms with Crippen LogP contribution in [0.5, 0.6) is 5.88 Å². The first-order valence-corrected chi connectivity index (χ1v) is 17.0. The summed E-state index contributed by atoms with van der Waals surface area (Å²) in [5, 5.41) is 2.90. The van der Waals surface area contributed by atoms with E-state index in [1.807, 2.05) is 58.0 Å². The number of ether oxygens (including phenoxy) is 2. The summed E-state index contributed by atoms with van der Waals surface area (Å²) in [5.41, 5.74) is 4.58. The molecule has 44 heavy (non-hydrogen) atoms. The maximum absolute atomic E-state index is 13.7. The quantitative estimate of drug-likeness (QED) is 0.296. The fourth-order valence-electron chi connectivity index (χ4n) is 6.74. The predicted molar refractivity (Wildman–Crippen MR) is 171 cm³/mol. The normalized spacial score (nSPS) is 22.5. The lowest BCUT2D eigenvalue weighted by Gasteiger charge is -2.44. The highest BCUT2D eigenvalue weighted by molar-refractivity contribution is 7.92. The molecule has 2 atom stereocenters. The molecule has 236 valence electrons. The second-order valence-electron chi connectivity index (χ2n) is 13.0. The van der Waals surface area contributed by atoms with E-state index in [4.69, 9.17) is 9.47 Å². The molecule has 0 saturated heterocycles. The first kappa shape index (κ1) is 31.8. The number of anilines is 1. The van der Waals surface area contributed by atoms with Crippen LogP contribution in [0.25, 0.3) is 11.3 Å². The van der Waals surface area contributed by atoms with Crippen LogP contribution in [-0.2, 0) is 14.8 Å². The molecule has 4 bridgehead atoms. The summed E-state index contributed by atoms with van der Waals surface area (Å²) in [4.78, 5) is 21.4. The largest absolute Gasteiger partial charge is 0.477 e. The molecule has 1 fully saturated rings. The Morgan fingerprint density at radius 2 is 1.75 bits per heavy atom. The van der Waals surface area contributed by atoms with Crippen molar-refractivity contribution in [2.24, 2.45) is 23.7 Å². The van der Waals surface area contributed by atoms with Gasteiger partial charge in [0, 0.05) is 24.1 Å². The number of hydrogen-bond donors (Lipinski definition) is 2. The number of aryl methyl sites for hydroxylation is 2. The average molecular weight is 621 g/mol. The lowest BCUT2D eigenvalue weighted by Crippen LogP contribution is -2.41.